The molecule has 0 radical (unpaired) electrons. The fourth-order valence-corrected chi connectivity index (χ4v) is 4.20. The Labute approximate surface area is 179 Å². The average Bonchev–Trinajstić information content (AvgIpc) is 3.52. The van der Waals surface area contributed by atoms with Crippen LogP contribution in [-0.2, 0) is 4.79 Å². The normalized spacial score (nSPS) is 16.5. The van der Waals surface area contributed by atoms with Gasteiger partial charge in [0.15, 0.2) is 34.4 Å². The molecule has 11 heteroatoms. The number of benzene rings is 1. The Balaban J connectivity index is 1.62. The molecule has 1 unspecified atom stereocenters. The van der Waals surface area contributed by atoms with E-state index in [4.69, 9.17) is 0 Å². The average molecular weight is 430 g/mol. The van der Waals surface area contributed by atoms with Gasteiger partial charge in [0.05, 0.1) is 24.6 Å². The fraction of sp³-hybridized carbons (Fsp3) is 0.143. The minimum Gasteiger partial charge on any atom is -0.340 e. The number of aromatic nitrogens is 7. The zero-order valence-electron chi connectivity index (χ0n) is 16.5. The Hall–Kier alpha value is -4.41. The number of hydrogen-bond donors (Lipinski definition) is 1. The van der Waals surface area contributed by atoms with Gasteiger partial charge in [0, 0.05) is 12.6 Å². The van der Waals surface area contributed by atoms with Crippen molar-refractivity contribution in [2.45, 2.75) is 12.5 Å². The molecular weight excluding hydrogens is 415 g/mol. The molecule has 1 N–H and O–H groups in total. The van der Waals surface area contributed by atoms with Crippen LogP contribution in [0.25, 0.3) is 22.4 Å². The summed E-state index contributed by atoms with van der Waals surface area (Å²) in [6.07, 6.45) is 4.39. The lowest BCUT2D eigenvalue weighted by Gasteiger charge is -2.26. The Morgan fingerprint density at radius 3 is 2.75 bits per heavy atom. The van der Waals surface area contributed by atoms with E-state index in [0.717, 1.165) is 0 Å². The first-order valence-corrected chi connectivity index (χ1v) is 9.89. The standard InChI is InChI=1S/C21H15FN8O2/c22-14-6-7-29-17(14)21(32)30(12-4-2-1-3-5-12)19(27-29)15-8-13(31)9-28(15)20-16-18(24-10-23-16)25-11-26-20/h1-7,10-11,15H,8-9H2,(H,23,24,25,26). The second kappa shape index (κ2) is 6.80. The number of nitrogens with zero attached hydrogens (tertiary/aromatic N) is 7. The number of anilines is 1. The van der Waals surface area contributed by atoms with Crippen LogP contribution >= 0.6 is 0 Å². The zero-order chi connectivity index (χ0) is 21.8. The van der Waals surface area contributed by atoms with Gasteiger partial charge in [-0.25, -0.2) is 23.9 Å². The first-order valence-electron chi connectivity index (χ1n) is 9.89. The maximum atomic E-state index is 14.4. The van der Waals surface area contributed by atoms with Crippen LogP contribution in [0.5, 0.6) is 0 Å². The van der Waals surface area contributed by atoms with Crippen molar-refractivity contribution in [3.8, 4) is 5.69 Å². The van der Waals surface area contributed by atoms with Crippen LogP contribution in [0.4, 0.5) is 10.2 Å². The number of aromatic amines is 1. The van der Waals surface area contributed by atoms with Gasteiger partial charge in [0.2, 0.25) is 0 Å². The van der Waals surface area contributed by atoms with Crippen molar-refractivity contribution in [3.05, 3.63) is 77.2 Å². The molecule has 32 heavy (non-hydrogen) atoms. The van der Waals surface area contributed by atoms with E-state index in [0.29, 0.717) is 28.5 Å². The minimum absolute atomic E-state index is 0.0334. The number of imidazole rings is 1. The van der Waals surface area contributed by atoms with Crippen LogP contribution in [0.15, 0.2) is 60.0 Å². The van der Waals surface area contributed by atoms with Gasteiger partial charge in [-0.1, -0.05) is 18.2 Å². The number of rotatable bonds is 3. The summed E-state index contributed by atoms with van der Waals surface area (Å²) in [7, 11) is 0. The molecule has 10 nitrogen and oxygen atoms in total. The van der Waals surface area contributed by atoms with Crippen LogP contribution in [0.1, 0.15) is 18.3 Å². The molecule has 6 rings (SSSR count). The van der Waals surface area contributed by atoms with Gasteiger partial charge in [-0.05, 0) is 18.2 Å². The molecule has 158 valence electrons. The second-order valence-electron chi connectivity index (χ2n) is 7.48. The van der Waals surface area contributed by atoms with Crippen molar-refractivity contribution >= 4 is 28.3 Å². The molecule has 1 aromatic carbocycles. The number of carbonyl (C=O) groups excluding carboxylic acids is 1. The van der Waals surface area contributed by atoms with Crippen molar-refractivity contribution < 1.29 is 9.18 Å². The first-order chi connectivity index (χ1) is 15.6. The van der Waals surface area contributed by atoms with E-state index in [1.165, 1.54) is 34.0 Å². The molecule has 5 aromatic rings. The molecule has 5 heterocycles. The van der Waals surface area contributed by atoms with Crippen molar-refractivity contribution in [3.63, 3.8) is 0 Å². The van der Waals surface area contributed by atoms with E-state index >= 15 is 0 Å². The number of para-hydroxylation sites is 1. The summed E-state index contributed by atoms with van der Waals surface area (Å²) >= 11 is 0. The maximum absolute atomic E-state index is 14.4. The van der Waals surface area contributed by atoms with Gasteiger partial charge in [-0.15, -0.1) is 0 Å². The van der Waals surface area contributed by atoms with Crippen molar-refractivity contribution in [1.82, 2.24) is 34.1 Å². The fourth-order valence-electron chi connectivity index (χ4n) is 4.20. The topological polar surface area (TPSA) is 114 Å². The first kappa shape index (κ1) is 18.4. The number of hydrogen-bond acceptors (Lipinski definition) is 7. The monoisotopic (exact) mass is 430 g/mol. The Morgan fingerprint density at radius 1 is 1.06 bits per heavy atom. The van der Waals surface area contributed by atoms with Gasteiger partial charge in [0.1, 0.15) is 11.8 Å². The van der Waals surface area contributed by atoms with Gasteiger partial charge in [-0.3, -0.25) is 14.2 Å². The largest absolute Gasteiger partial charge is 0.340 e. The van der Waals surface area contributed by atoms with E-state index in [1.54, 1.807) is 29.2 Å². The predicted octanol–water partition coefficient (Wildman–Crippen LogP) is 1.81. The van der Waals surface area contributed by atoms with Gasteiger partial charge in [-0.2, -0.15) is 5.10 Å². The van der Waals surface area contributed by atoms with E-state index in [9.17, 15) is 14.0 Å². The molecule has 1 aliphatic rings. The number of nitrogens with one attached hydrogen (secondary N) is 1. The molecule has 0 spiro atoms. The number of halogens is 1. The molecule has 0 amide bonds. The lowest BCUT2D eigenvalue weighted by Crippen LogP contribution is -2.33. The van der Waals surface area contributed by atoms with Gasteiger partial charge >= 0.3 is 0 Å². The summed E-state index contributed by atoms with van der Waals surface area (Å²) in [4.78, 5) is 43.4. The Kier molecular flexibility index (Phi) is 3.90. The number of Topliss-reactive ketones (excluding diaryl/α,β-unsaturated/α-hetero) is 1. The smallest absolute Gasteiger partial charge is 0.285 e. The highest BCUT2D eigenvalue weighted by atomic mass is 19.1. The third-order valence-corrected chi connectivity index (χ3v) is 5.59. The highest BCUT2D eigenvalue weighted by molar-refractivity contribution is 5.92. The minimum atomic E-state index is -0.659. The molecule has 1 saturated heterocycles. The lowest BCUT2D eigenvalue weighted by molar-refractivity contribution is -0.116. The Bertz CT molecular complexity index is 1550. The molecule has 1 fully saturated rings. The van der Waals surface area contributed by atoms with Crippen LogP contribution in [-0.4, -0.2) is 46.4 Å². The van der Waals surface area contributed by atoms with Crippen molar-refractivity contribution in [1.29, 1.82) is 0 Å². The Morgan fingerprint density at radius 2 is 1.91 bits per heavy atom. The van der Waals surface area contributed by atoms with Crippen LogP contribution in [0.2, 0.25) is 0 Å². The number of H-pyrrole nitrogens is 1. The zero-order valence-corrected chi connectivity index (χ0v) is 16.5. The third-order valence-electron chi connectivity index (χ3n) is 5.59. The number of carbonyl (C=O) groups is 1. The molecule has 4 aromatic heterocycles. The van der Waals surface area contributed by atoms with E-state index in [2.05, 4.69) is 25.0 Å². The molecule has 0 aliphatic carbocycles. The van der Waals surface area contributed by atoms with E-state index < -0.39 is 17.4 Å². The molecule has 1 aliphatic heterocycles. The quantitative estimate of drug-likeness (QED) is 0.464. The SMILES string of the molecule is O=C1CC(c2nn3ccc(F)c3c(=O)n2-c2ccccc2)N(c2ncnc3nc[nH]c23)C1. The summed E-state index contributed by atoms with van der Waals surface area (Å²) < 4.78 is 17.0. The summed E-state index contributed by atoms with van der Waals surface area (Å²) in [5, 5.41) is 4.57. The maximum Gasteiger partial charge on any atom is 0.285 e. The highest BCUT2D eigenvalue weighted by Gasteiger charge is 2.38. The number of ketones is 1. The van der Waals surface area contributed by atoms with Crippen LogP contribution < -0.4 is 10.5 Å². The van der Waals surface area contributed by atoms with Crippen molar-refractivity contribution in [2.24, 2.45) is 0 Å². The van der Waals surface area contributed by atoms with Gasteiger partial charge < -0.3 is 9.88 Å². The molecule has 0 bridgehead atoms. The summed E-state index contributed by atoms with van der Waals surface area (Å²) in [5.74, 6) is 0.0967. The van der Waals surface area contributed by atoms with Crippen LogP contribution in [0, 0.1) is 5.82 Å². The van der Waals surface area contributed by atoms with E-state index in [1.807, 2.05) is 6.07 Å². The molecular formula is C21H15FN8O2. The molecule has 0 saturated carbocycles. The third kappa shape index (κ3) is 2.64. The van der Waals surface area contributed by atoms with Crippen molar-refractivity contribution in [2.75, 3.05) is 11.4 Å². The summed E-state index contributed by atoms with van der Waals surface area (Å²) in [5.41, 5.74) is 0.846. The summed E-state index contributed by atoms with van der Waals surface area (Å²) in [6.45, 7) is 0.0819. The number of fused-ring (bicyclic) bond motifs is 2. The summed E-state index contributed by atoms with van der Waals surface area (Å²) in [6, 6.07) is 9.44. The molecule has 1 atom stereocenters. The van der Waals surface area contributed by atoms with E-state index in [-0.39, 0.29) is 24.3 Å². The van der Waals surface area contributed by atoms with Crippen LogP contribution in [0.3, 0.4) is 0 Å². The second-order valence-corrected chi connectivity index (χ2v) is 7.48. The highest BCUT2D eigenvalue weighted by Crippen LogP contribution is 2.35. The predicted molar refractivity (Wildman–Crippen MR) is 112 cm³/mol. The van der Waals surface area contributed by atoms with Gasteiger partial charge in [0.25, 0.3) is 5.56 Å². The lowest BCUT2D eigenvalue weighted by atomic mass is 10.1.